The SMILES string of the molecule is CCNc1cnc(C(=O)N(C)c2ccc(C)cc2C)cn1. The van der Waals surface area contributed by atoms with Crippen molar-refractivity contribution in [2.24, 2.45) is 0 Å². The average Bonchev–Trinajstić information content (AvgIpc) is 2.47. The molecule has 2 rings (SSSR count). The van der Waals surface area contributed by atoms with Gasteiger partial charge in [-0.2, -0.15) is 0 Å². The summed E-state index contributed by atoms with van der Waals surface area (Å²) < 4.78 is 0. The van der Waals surface area contributed by atoms with Gasteiger partial charge in [0.2, 0.25) is 0 Å². The number of nitrogens with one attached hydrogen (secondary N) is 1. The third kappa shape index (κ3) is 3.37. The topological polar surface area (TPSA) is 58.1 Å². The summed E-state index contributed by atoms with van der Waals surface area (Å²) in [5.41, 5.74) is 3.44. The lowest BCUT2D eigenvalue weighted by atomic mass is 10.1. The molecule has 0 saturated heterocycles. The molecule has 0 aliphatic heterocycles. The van der Waals surface area contributed by atoms with Gasteiger partial charge in [0.1, 0.15) is 11.5 Å². The van der Waals surface area contributed by atoms with Crippen molar-refractivity contribution in [3.63, 3.8) is 0 Å². The zero-order chi connectivity index (χ0) is 15.4. The van der Waals surface area contributed by atoms with Crippen LogP contribution >= 0.6 is 0 Å². The first kappa shape index (κ1) is 15.0. The maximum atomic E-state index is 12.5. The third-order valence-electron chi connectivity index (χ3n) is 3.25. The highest BCUT2D eigenvalue weighted by Gasteiger charge is 2.16. The van der Waals surface area contributed by atoms with Crippen LogP contribution < -0.4 is 10.2 Å². The van der Waals surface area contributed by atoms with E-state index in [2.05, 4.69) is 21.4 Å². The third-order valence-corrected chi connectivity index (χ3v) is 3.25. The minimum atomic E-state index is -0.169. The van der Waals surface area contributed by atoms with E-state index in [9.17, 15) is 4.79 Å². The smallest absolute Gasteiger partial charge is 0.278 e. The molecule has 21 heavy (non-hydrogen) atoms. The van der Waals surface area contributed by atoms with Gasteiger partial charge in [0.05, 0.1) is 12.4 Å². The molecule has 5 heteroatoms. The fraction of sp³-hybridized carbons (Fsp3) is 0.312. The van der Waals surface area contributed by atoms with E-state index in [4.69, 9.17) is 0 Å². The Morgan fingerprint density at radius 1 is 1.24 bits per heavy atom. The van der Waals surface area contributed by atoms with Crippen LogP contribution in [0.1, 0.15) is 28.5 Å². The first-order chi connectivity index (χ1) is 10.0. The standard InChI is InChI=1S/C16H20N4O/c1-5-17-15-10-18-13(9-19-15)16(21)20(4)14-7-6-11(2)8-12(14)3/h6-10H,5H2,1-4H3,(H,17,19). The van der Waals surface area contributed by atoms with Crippen molar-refractivity contribution in [3.8, 4) is 0 Å². The Bertz CT molecular complexity index is 637. The van der Waals surface area contributed by atoms with E-state index in [0.717, 1.165) is 17.8 Å². The van der Waals surface area contributed by atoms with E-state index >= 15 is 0 Å². The summed E-state index contributed by atoms with van der Waals surface area (Å²) >= 11 is 0. The molecule has 0 atom stereocenters. The fourth-order valence-electron chi connectivity index (χ4n) is 2.17. The van der Waals surface area contributed by atoms with Crippen molar-refractivity contribution in [1.29, 1.82) is 0 Å². The number of hydrogen-bond acceptors (Lipinski definition) is 4. The monoisotopic (exact) mass is 284 g/mol. The summed E-state index contributed by atoms with van der Waals surface area (Å²) in [6, 6.07) is 5.99. The van der Waals surface area contributed by atoms with Crippen LogP contribution in [0.5, 0.6) is 0 Å². The molecule has 0 fully saturated rings. The summed E-state index contributed by atoms with van der Waals surface area (Å²) in [5.74, 6) is 0.501. The van der Waals surface area contributed by atoms with Crippen LogP contribution in [0.2, 0.25) is 0 Å². The van der Waals surface area contributed by atoms with Gasteiger partial charge in [-0.3, -0.25) is 4.79 Å². The second-order valence-electron chi connectivity index (χ2n) is 4.97. The van der Waals surface area contributed by atoms with Gasteiger partial charge < -0.3 is 10.2 Å². The second kappa shape index (κ2) is 6.35. The molecule has 1 amide bonds. The Morgan fingerprint density at radius 3 is 2.57 bits per heavy atom. The first-order valence-corrected chi connectivity index (χ1v) is 6.94. The van der Waals surface area contributed by atoms with Gasteiger partial charge >= 0.3 is 0 Å². The van der Waals surface area contributed by atoms with E-state index in [1.807, 2.05) is 32.9 Å². The van der Waals surface area contributed by atoms with E-state index in [-0.39, 0.29) is 5.91 Å². The minimum absolute atomic E-state index is 0.169. The lowest BCUT2D eigenvalue weighted by Gasteiger charge is -2.19. The van der Waals surface area contributed by atoms with Crippen molar-refractivity contribution in [1.82, 2.24) is 9.97 Å². The molecule has 0 bridgehead atoms. The van der Waals surface area contributed by atoms with Gasteiger partial charge in [-0.25, -0.2) is 9.97 Å². The quantitative estimate of drug-likeness (QED) is 0.938. The molecule has 0 saturated carbocycles. The Morgan fingerprint density at radius 2 is 2.00 bits per heavy atom. The number of anilines is 2. The lowest BCUT2D eigenvalue weighted by molar-refractivity contribution is 0.0988. The summed E-state index contributed by atoms with van der Waals surface area (Å²) in [5, 5.41) is 3.05. The minimum Gasteiger partial charge on any atom is -0.369 e. The lowest BCUT2D eigenvalue weighted by Crippen LogP contribution is -2.28. The van der Waals surface area contributed by atoms with E-state index in [0.29, 0.717) is 11.5 Å². The van der Waals surface area contributed by atoms with Crippen LogP contribution in [-0.4, -0.2) is 29.5 Å². The average molecular weight is 284 g/mol. The van der Waals surface area contributed by atoms with E-state index < -0.39 is 0 Å². The molecule has 0 aliphatic carbocycles. The van der Waals surface area contributed by atoms with Crippen LogP contribution in [0.25, 0.3) is 0 Å². The molecule has 5 nitrogen and oxygen atoms in total. The summed E-state index contributed by atoms with van der Waals surface area (Å²) in [6.07, 6.45) is 3.08. The van der Waals surface area contributed by atoms with E-state index in [1.165, 1.54) is 11.8 Å². The van der Waals surface area contributed by atoms with Gasteiger partial charge in [-0.05, 0) is 32.4 Å². The molecule has 0 unspecified atom stereocenters. The van der Waals surface area contributed by atoms with Gasteiger partial charge in [-0.15, -0.1) is 0 Å². The molecule has 0 radical (unpaired) electrons. The number of hydrogen-bond donors (Lipinski definition) is 1. The van der Waals surface area contributed by atoms with Crippen molar-refractivity contribution in [2.75, 3.05) is 23.8 Å². The van der Waals surface area contributed by atoms with Crippen LogP contribution in [0.4, 0.5) is 11.5 Å². The predicted molar refractivity (Wildman–Crippen MR) is 84.8 cm³/mol. The van der Waals surface area contributed by atoms with Crippen molar-refractivity contribution in [3.05, 3.63) is 47.4 Å². The predicted octanol–water partition coefficient (Wildman–Crippen LogP) is 2.80. The molecule has 0 aliphatic rings. The Hall–Kier alpha value is -2.43. The molecular formula is C16H20N4O. The molecular weight excluding hydrogens is 264 g/mol. The van der Waals surface area contributed by atoms with Crippen molar-refractivity contribution < 1.29 is 4.79 Å². The number of carbonyl (C=O) groups is 1. The number of aryl methyl sites for hydroxylation is 2. The zero-order valence-corrected chi connectivity index (χ0v) is 12.8. The highest BCUT2D eigenvalue weighted by atomic mass is 16.2. The maximum absolute atomic E-state index is 12.5. The Kier molecular flexibility index (Phi) is 4.52. The molecule has 2 aromatic rings. The van der Waals surface area contributed by atoms with Gasteiger partial charge in [-0.1, -0.05) is 17.7 Å². The molecule has 1 heterocycles. The van der Waals surface area contributed by atoms with E-state index in [1.54, 1.807) is 18.1 Å². The Balaban J connectivity index is 2.22. The van der Waals surface area contributed by atoms with Crippen LogP contribution in [0.3, 0.4) is 0 Å². The van der Waals surface area contributed by atoms with Crippen LogP contribution in [-0.2, 0) is 0 Å². The largest absolute Gasteiger partial charge is 0.369 e. The van der Waals surface area contributed by atoms with Crippen molar-refractivity contribution >= 4 is 17.4 Å². The summed E-state index contributed by atoms with van der Waals surface area (Å²) in [4.78, 5) is 22.4. The summed E-state index contributed by atoms with van der Waals surface area (Å²) in [6.45, 7) is 6.77. The van der Waals surface area contributed by atoms with Gasteiger partial charge in [0.25, 0.3) is 5.91 Å². The zero-order valence-electron chi connectivity index (χ0n) is 12.8. The fourth-order valence-corrected chi connectivity index (χ4v) is 2.17. The van der Waals surface area contributed by atoms with Crippen LogP contribution in [0, 0.1) is 13.8 Å². The molecule has 1 aromatic heterocycles. The highest BCUT2D eigenvalue weighted by Crippen LogP contribution is 2.21. The number of aromatic nitrogens is 2. The number of benzene rings is 1. The Labute approximate surface area is 125 Å². The second-order valence-corrected chi connectivity index (χ2v) is 4.97. The number of carbonyl (C=O) groups excluding carboxylic acids is 1. The summed E-state index contributed by atoms with van der Waals surface area (Å²) in [7, 11) is 1.75. The molecule has 1 aromatic carbocycles. The van der Waals surface area contributed by atoms with Gasteiger partial charge in [0, 0.05) is 19.3 Å². The highest BCUT2D eigenvalue weighted by molar-refractivity contribution is 6.04. The molecule has 110 valence electrons. The van der Waals surface area contributed by atoms with Gasteiger partial charge in [0.15, 0.2) is 0 Å². The van der Waals surface area contributed by atoms with Crippen molar-refractivity contribution in [2.45, 2.75) is 20.8 Å². The maximum Gasteiger partial charge on any atom is 0.278 e. The number of amides is 1. The number of rotatable bonds is 4. The van der Waals surface area contributed by atoms with Crippen LogP contribution in [0.15, 0.2) is 30.6 Å². The molecule has 0 spiro atoms. The normalized spacial score (nSPS) is 10.3. The number of nitrogens with zero attached hydrogens (tertiary/aromatic N) is 3. The molecule has 1 N–H and O–H groups in total. The first-order valence-electron chi connectivity index (χ1n) is 6.94.